The van der Waals surface area contributed by atoms with Gasteiger partial charge in [-0.1, -0.05) is 35.3 Å². The Morgan fingerprint density at radius 1 is 0.895 bits per heavy atom. The summed E-state index contributed by atoms with van der Waals surface area (Å²) in [6.45, 7) is 1.76. The summed E-state index contributed by atoms with van der Waals surface area (Å²) in [5.41, 5.74) is 18.6. The number of amides is 2. The number of primary amides is 1. The van der Waals surface area contributed by atoms with E-state index < -0.39 is 23.6 Å². The molecule has 0 aliphatic rings. The number of aromatic carboxylic acids is 1. The molecule has 38 heavy (non-hydrogen) atoms. The minimum atomic E-state index is -1.03. The minimum Gasteiger partial charge on any atom is -0.475 e. The van der Waals surface area contributed by atoms with Crippen molar-refractivity contribution in [2.75, 3.05) is 16.8 Å². The lowest BCUT2D eigenvalue weighted by Crippen LogP contribution is -2.13. The number of furan rings is 1. The van der Waals surface area contributed by atoms with Crippen LogP contribution < -0.4 is 22.5 Å². The quantitative estimate of drug-likeness (QED) is 0.201. The summed E-state index contributed by atoms with van der Waals surface area (Å²) in [4.78, 5) is 32.6. The second-order valence-electron chi connectivity index (χ2n) is 7.51. The number of hydrogen-bond acceptors (Lipinski definition) is 6. The summed E-state index contributed by atoms with van der Waals surface area (Å²) in [7, 11) is 0. The summed E-state index contributed by atoms with van der Waals surface area (Å²) in [5, 5.41) is 11.4. The molecule has 0 aliphatic heterocycles. The van der Waals surface area contributed by atoms with E-state index >= 15 is 0 Å². The maximum absolute atomic E-state index is 13.4. The number of nitrogen functional groups attached to an aromatic ring is 2. The molecule has 0 aliphatic carbocycles. The number of anilines is 3. The first-order chi connectivity index (χ1) is 17.9. The number of carboxylic acid groups (broad SMARTS) is 1. The highest BCUT2D eigenvalue weighted by atomic mass is 35.5. The molecule has 0 saturated heterocycles. The number of aryl methyl sites for hydroxylation is 1. The lowest BCUT2D eigenvalue weighted by atomic mass is 10.1. The molecule has 3 aromatic carbocycles. The SMILES string of the molecule is Cc1cc(N)c(Cl)cc1C(N)=O.Nc1ccc(NC(=O)c2ccccc2F)cc1Cl.O=C(O)c1ccco1. The van der Waals surface area contributed by atoms with Crippen LogP contribution >= 0.6 is 23.2 Å². The topological polar surface area (TPSA) is 175 Å². The third-order valence-electron chi connectivity index (χ3n) is 4.72. The number of nitrogens with one attached hydrogen (secondary N) is 1. The maximum Gasteiger partial charge on any atom is 0.371 e. The van der Waals surface area contributed by atoms with Gasteiger partial charge in [0.2, 0.25) is 11.7 Å². The first kappa shape index (κ1) is 29.7. The summed E-state index contributed by atoms with van der Waals surface area (Å²) in [6, 6.07) is 16.5. The van der Waals surface area contributed by atoms with Crippen molar-refractivity contribution in [3.8, 4) is 0 Å². The molecule has 12 heteroatoms. The van der Waals surface area contributed by atoms with Gasteiger partial charge in [0, 0.05) is 11.3 Å². The lowest BCUT2D eigenvalue weighted by molar-refractivity contribution is 0.0662. The Bertz CT molecular complexity index is 1450. The van der Waals surface area contributed by atoms with Crippen molar-refractivity contribution in [1.29, 1.82) is 0 Å². The number of carboxylic acids is 1. The van der Waals surface area contributed by atoms with Crippen LogP contribution in [0.25, 0.3) is 0 Å². The van der Waals surface area contributed by atoms with Crippen LogP contribution in [0.2, 0.25) is 10.0 Å². The highest BCUT2D eigenvalue weighted by Crippen LogP contribution is 2.24. The van der Waals surface area contributed by atoms with E-state index in [0.717, 1.165) is 5.56 Å². The van der Waals surface area contributed by atoms with Crippen LogP contribution in [0.1, 0.15) is 36.8 Å². The fraction of sp³-hybridized carbons (Fsp3) is 0.0385. The standard InChI is InChI=1S/C13H10ClFN2O.C8H9ClN2O.C5H4O3/c14-10-7-8(5-6-12(10)16)17-13(18)9-3-1-2-4-11(9)15;1-4-2-7(10)6(9)3-5(4)8(11)12;6-5(7)4-2-1-3-8-4/h1-7H,16H2,(H,17,18);2-3H,10H2,1H3,(H2,11,12);1-3H,(H,6,7). The third kappa shape index (κ3) is 8.54. The van der Waals surface area contributed by atoms with Gasteiger partial charge in [0.15, 0.2) is 0 Å². The van der Waals surface area contributed by atoms with Crippen molar-refractivity contribution in [3.63, 3.8) is 0 Å². The van der Waals surface area contributed by atoms with E-state index in [4.69, 9.17) is 45.5 Å². The summed E-state index contributed by atoms with van der Waals surface area (Å²) in [6.07, 6.45) is 1.32. The molecule has 0 spiro atoms. The van der Waals surface area contributed by atoms with Gasteiger partial charge in [-0.25, -0.2) is 9.18 Å². The number of benzene rings is 3. The molecule has 0 bridgehead atoms. The predicted molar refractivity (Wildman–Crippen MR) is 145 cm³/mol. The molecule has 8 N–H and O–H groups in total. The fourth-order valence-corrected chi connectivity index (χ4v) is 3.16. The molecule has 1 aromatic heterocycles. The second kappa shape index (κ2) is 13.7. The maximum atomic E-state index is 13.4. The molecule has 0 atom stereocenters. The lowest BCUT2D eigenvalue weighted by Gasteiger charge is -2.07. The first-order valence-corrected chi connectivity index (χ1v) is 11.4. The van der Waals surface area contributed by atoms with Gasteiger partial charge >= 0.3 is 5.97 Å². The van der Waals surface area contributed by atoms with Gasteiger partial charge in [-0.2, -0.15) is 0 Å². The molecule has 0 saturated carbocycles. The molecule has 9 nitrogen and oxygen atoms in total. The molecule has 0 fully saturated rings. The number of carbonyl (C=O) groups excluding carboxylic acids is 2. The van der Waals surface area contributed by atoms with Crippen LogP contribution in [0.3, 0.4) is 0 Å². The van der Waals surface area contributed by atoms with E-state index in [9.17, 15) is 18.8 Å². The Kier molecular flexibility index (Phi) is 10.7. The van der Waals surface area contributed by atoms with E-state index in [1.165, 1.54) is 48.7 Å². The fourth-order valence-electron chi connectivity index (χ4n) is 2.82. The number of hydrogen-bond donors (Lipinski definition) is 5. The molecule has 4 rings (SSSR count). The Morgan fingerprint density at radius 3 is 2.08 bits per heavy atom. The summed E-state index contributed by atoms with van der Waals surface area (Å²) in [5.74, 6) is -2.65. The van der Waals surface area contributed by atoms with Crippen LogP contribution in [-0.4, -0.2) is 22.9 Å². The first-order valence-electron chi connectivity index (χ1n) is 10.6. The Morgan fingerprint density at radius 2 is 1.55 bits per heavy atom. The van der Waals surface area contributed by atoms with Crippen LogP contribution in [0.5, 0.6) is 0 Å². The highest BCUT2D eigenvalue weighted by molar-refractivity contribution is 6.33. The zero-order chi connectivity index (χ0) is 28.4. The van der Waals surface area contributed by atoms with Crippen molar-refractivity contribution in [2.45, 2.75) is 6.92 Å². The monoisotopic (exact) mass is 560 g/mol. The number of nitrogens with two attached hydrogens (primary N) is 3. The van der Waals surface area contributed by atoms with E-state index in [-0.39, 0.29) is 11.3 Å². The van der Waals surface area contributed by atoms with Gasteiger partial charge in [0.05, 0.1) is 33.2 Å². The van der Waals surface area contributed by atoms with Gasteiger partial charge in [0.25, 0.3) is 5.91 Å². The van der Waals surface area contributed by atoms with Crippen molar-refractivity contribution in [3.05, 3.63) is 111 Å². The average molecular weight is 561 g/mol. The molecular weight excluding hydrogens is 538 g/mol. The number of rotatable bonds is 4. The molecule has 198 valence electrons. The van der Waals surface area contributed by atoms with E-state index in [1.54, 1.807) is 31.2 Å². The van der Waals surface area contributed by atoms with Gasteiger partial charge in [-0.3, -0.25) is 9.59 Å². The van der Waals surface area contributed by atoms with Crippen molar-refractivity contribution in [1.82, 2.24) is 0 Å². The summed E-state index contributed by atoms with van der Waals surface area (Å²) >= 11 is 11.5. The molecule has 0 radical (unpaired) electrons. The van der Waals surface area contributed by atoms with Gasteiger partial charge in [0.1, 0.15) is 5.82 Å². The van der Waals surface area contributed by atoms with Gasteiger partial charge in [-0.05, 0) is 67.1 Å². The van der Waals surface area contributed by atoms with E-state index in [1.807, 2.05) is 0 Å². The molecule has 1 heterocycles. The largest absolute Gasteiger partial charge is 0.475 e. The molecule has 4 aromatic rings. The van der Waals surface area contributed by atoms with Crippen LogP contribution in [0.4, 0.5) is 21.5 Å². The van der Waals surface area contributed by atoms with E-state index in [0.29, 0.717) is 32.7 Å². The summed E-state index contributed by atoms with van der Waals surface area (Å²) < 4.78 is 17.9. The van der Waals surface area contributed by atoms with Crippen molar-refractivity contribution in [2.24, 2.45) is 5.73 Å². The smallest absolute Gasteiger partial charge is 0.371 e. The van der Waals surface area contributed by atoms with Crippen LogP contribution in [-0.2, 0) is 0 Å². The van der Waals surface area contributed by atoms with Gasteiger partial charge in [-0.15, -0.1) is 0 Å². The predicted octanol–water partition coefficient (Wildman–Crippen LogP) is 5.62. The van der Waals surface area contributed by atoms with E-state index in [2.05, 4.69) is 9.73 Å². The third-order valence-corrected chi connectivity index (χ3v) is 5.37. The zero-order valence-corrected chi connectivity index (χ0v) is 21.4. The molecule has 0 unspecified atom stereocenters. The Balaban J connectivity index is 0.000000218. The highest BCUT2D eigenvalue weighted by Gasteiger charge is 2.11. The second-order valence-corrected chi connectivity index (χ2v) is 8.32. The van der Waals surface area contributed by atoms with Crippen LogP contribution in [0, 0.1) is 12.7 Å². The van der Waals surface area contributed by atoms with Crippen molar-refractivity contribution >= 4 is 58.0 Å². The van der Waals surface area contributed by atoms with Crippen molar-refractivity contribution < 1.29 is 28.3 Å². The number of halogens is 3. The normalized spacial score (nSPS) is 9.79. The Labute approximate surface area is 226 Å². The number of carbonyl (C=O) groups is 3. The molecule has 2 amide bonds. The van der Waals surface area contributed by atoms with Crippen LogP contribution in [0.15, 0.2) is 77.4 Å². The Hall–Kier alpha value is -4.54. The van der Waals surface area contributed by atoms with Gasteiger partial charge < -0.3 is 32.0 Å². The zero-order valence-electron chi connectivity index (χ0n) is 19.9. The average Bonchev–Trinajstić information content (AvgIpc) is 3.40. The minimum absolute atomic E-state index is 0.0227. The molecular formula is C26H23Cl2FN4O5.